The van der Waals surface area contributed by atoms with E-state index in [2.05, 4.69) is 5.32 Å². The quantitative estimate of drug-likeness (QED) is 0.716. The molecular formula is C12H22N2O3. The summed E-state index contributed by atoms with van der Waals surface area (Å²) < 4.78 is 4.98. The zero-order valence-corrected chi connectivity index (χ0v) is 10.9. The molecule has 1 N–H and O–H groups in total. The first-order valence-electron chi connectivity index (χ1n) is 6.13. The highest BCUT2D eigenvalue weighted by atomic mass is 16.5. The molecule has 0 bridgehead atoms. The number of ether oxygens (including phenoxy) is 1. The van der Waals surface area contributed by atoms with Crippen molar-refractivity contribution in [2.75, 3.05) is 26.8 Å². The van der Waals surface area contributed by atoms with Gasteiger partial charge in [-0.25, -0.2) is 0 Å². The van der Waals surface area contributed by atoms with Crippen LogP contribution in [0.15, 0.2) is 0 Å². The number of methoxy groups -OCH3 is 1. The molecular weight excluding hydrogens is 220 g/mol. The molecule has 5 nitrogen and oxygen atoms in total. The molecule has 1 rings (SSSR count). The van der Waals surface area contributed by atoms with Gasteiger partial charge in [0.05, 0.1) is 0 Å². The molecule has 98 valence electrons. The van der Waals surface area contributed by atoms with Gasteiger partial charge in [-0.2, -0.15) is 0 Å². The Morgan fingerprint density at radius 3 is 2.76 bits per heavy atom. The number of nitrogens with zero attached hydrogens (tertiary/aromatic N) is 1. The Labute approximate surface area is 102 Å². The van der Waals surface area contributed by atoms with Crippen LogP contribution in [0.1, 0.15) is 33.1 Å². The van der Waals surface area contributed by atoms with E-state index < -0.39 is 5.54 Å². The highest BCUT2D eigenvalue weighted by molar-refractivity contribution is 5.93. The van der Waals surface area contributed by atoms with Gasteiger partial charge in [-0.3, -0.25) is 9.59 Å². The number of hydrogen-bond donors (Lipinski definition) is 1. The van der Waals surface area contributed by atoms with E-state index in [-0.39, 0.29) is 11.8 Å². The van der Waals surface area contributed by atoms with Crippen LogP contribution in [0.5, 0.6) is 0 Å². The Morgan fingerprint density at radius 2 is 2.18 bits per heavy atom. The topological polar surface area (TPSA) is 58.6 Å². The summed E-state index contributed by atoms with van der Waals surface area (Å²) in [6.07, 6.45) is 1.79. The Hall–Kier alpha value is -1.10. The van der Waals surface area contributed by atoms with Crippen LogP contribution in [0.25, 0.3) is 0 Å². The summed E-state index contributed by atoms with van der Waals surface area (Å²) in [7, 11) is 1.64. The monoisotopic (exact) mass is 242 g/mol. The van der Waals surface area contributed by atoms with Crippen LogP contribution in [-0.2, 0) is 14.3 Å². The molecule has 5 heteroatoms. The van der Waals surface area contributed by atoms with Crippen LogP contribution in [0, 0.1) is 0 Å². The summed E-state index contributed by atoms with van der Waals surface area (Å²) in [6.45, 7) is 5.49. The van der Waals surface area contributed by atoms with Crippen molar-refractivity contribution in [3.05, 3.63) is 0 Å². The molecule has 1 aliphatic rings. The van der Waals surface area contributed by atoms with Crippen molar-refractivity contribution in [3.8, 4) is 0 Å². The SMILES string of the molecule is CCC1(C)NC(=O)CCN(CCCOC)C1=O. The van der Waals surface area contributed by atoms with Gasteiger partial charge < -0.3 is 15.0 Å². The molecule has 1 heterocycles. The number of carbonyl (C=O) groups excluding carboxylic acids is 2. The van der Waals surface area contributed by atoms with Crippen molar-refractivity contribution in [2.24, 2.45) is 0 Å². The summed E-state index contributed by atoms with van der Waals surface area (Å²) in [4.78, 5) is 25.6. The molecule has 17 heavy (non-hydrogen) atoms. The lowest BCUT2D eigenvalue weighted by atomic mass is 9.97. The minimum Gasteiger partial charge on any atom is -0.385 e. The van der Waals surface area contributed by atoms with Crippen LogP contribution in [0.4, 0.5) is 0 Å². The van der Waals surface area contributed by atoms with Crippen molar-refractivity contribution >= 4 is 11.8 Å². The second-order valence-electron chi connectivity index (χ2n) is 4.62. The maximum atomic E-state index is 12.3. The molecule has 1 saturated heterocycles. The van der Waals surface area contributed by atoms with Crippen molar-refractivity contribution < 1.29 is 14.3 Å². The molecule has 1 unspecified atom stereocenters. The number of rotatable bonds is 5. The summed E-state index contributed by atoms with van der Waals surface area (Å²) in [5.41, 5.74) is -0.749. The van der Waals surface area contributed by atoms with Crippen LogP contribution in [0.3, 0.4) is 0 Å². The normalized spacial score (nSPS) is 25.7. The van der Waals surface area contributed by atoms with Crippen LogP contribution in [-0.4, -0.2) is 49.1 Å². The first-order valence-corrected chi connectivity index (χ1v) is 6.13. The summed E-state index contributed by atoms with van der Waals surface area (Å²) >= 11 is 0. The van der Waals surface area contributed by atoms with E-state index >= 15 is 0 Å². The van der Waals surface area contributed by atoms with Gasteiger partial charge >= 0.3 is 0 Å². The third kappa shape index (κ3) is 3.43. The molecule has 0 aromatic heterocycles. The van der Waals surface area contributed by atoms with Crippen LogP contribution in [0.2, 0.25) is 0 Å². The lowest BCUT2D eigenvalue weighted by molar-refractivity contribution is -0.138. The maximum absolute atomic E-state index is 12.3. The van der Waals surface area contributed by atoms with E-state index in [1.807, 2.05) is 6.92 Å². The first-order chi connectivity index (χ1) is 8.03. The van der Waals surface area contributed by atoms with Crippen molar-refractivity contribution in [1.29, 1.82) is 0 Å². The van der Waals surface area contributed by atoms with Gasteiger partial charge in [0.25, 0.3) is 0 Å². The summed E-state index contributed by atoms with van der Waals surface area (Å²) in [5.74, 6) is -0.0288. The fraction of sp³-hybridized carbons (Fsp3) is 0.833. The third-order valence-electron chi connectivity index (χ3n) is 3.27. The molecule has 1 fully saturated rings. The molecule has 2 amide bonds. The molecule has 0 spiro atoms. The Morgan fingerprint density at radius 1 is 1.47 bits per heavy atom. The number of nitrogens with one attached hydrogen (secondary N) is 1. The summed E-state index contributed by atoms with van der Waals surface area (Å²) in [5, 5.41) is 2.81. The fourth-order valence-electron chi connectivity index (χ4n) is 1.96. The van der Waals surface area contributed by atoms with Gasteiger partial charge in [-0.15, -0.1) is 0 Å². The van der Waals surface area contributed by atoms with E-state index in [0.717, 1.165) is 6.42 Å². The zero-order valence-electron chi connectivity index (χ0n) is 10.9. The Balaban J connectivity index is 2.70. The second-order valence-corrected chi connectivity index (χ2v) is 4.62. The van der Waals surface area contributed by atoms with Crippen molar-refractivity contribution in [2.45, 2.75) is 38.6 Å². The fourth-order valence-corrected chi connectivity index (χ4v) is 1.96. The minimum atomic E-state index is -0.749. The van der Waals surface area contributed by atoms with Gasteiger partial charge in [0.15, 0.2) is 0 Å². The minimum absolute atomic E-state index is 0.0157. The van der Waals surface area contributed by atoms with Crippen molar-refractivity contribution in [1.82, 2.24) is 10.2 Å². The Kier molecular flexibility index (Phi) is 4.93. The second kappa shape index (κ2) is 6.00. The molecule has 0 aliphatic carbocycles. The first kappa shape index (κ1) is 14.0. The summed E-state index contributed by atoms with van der Waals surface area (Å²) in [6, 6.07) is 0. The van der Waals surface area contributed by atoms with Crippen LogP contribution < -0.4 is 5.32 Å². The van der Waals surface area contributed by atoms with Gasteiger partial charge in [0.2, 0.25) is 11.8 Å². The molecule has 1 aliphatic heterocycles. The number of carbonyl (C=O) groups is 2. The van der Waals surface area contributed by atoms with E-state index in [4.69, 9.17) is 4.74 Å². The number of hydrogen-bond acceptors (Lipinski definition) is 3. The van der Waals surface area contributed by atoms with E-state index in [1.54, 1.807) is 18.9 Å². The lowest BCUT2D eigenvalue weighted by Gasteiger charge is -2.31. The molecule has 0 aromatic carbocycles. The van der Waals surface area contributed by atoms with Gasteiger partial charge in [0.1, 0.15) is 5.54 Å². The predicted octanol–water partition coefficient (Wildman–Crippen LogP) is 0.540. The predicted molar refractivity (Wildman–Crippen MR) is 64.5 cm³/mol. The molecule has 0 saturated carbocycles. The highest BCUT2D eigenvalue weighted by Gasteiger charge is 2.38. The van der Waals surface area contributed by atoms with Crippen molar-refractivity contribution in [3.63, 3.8) is 0 Å². The average molecular weight is 242 g/mol. The van der Waals surface area contributed by atoms with Gasteiger partial charge in [0, 0.05) is 33.2 Å². The molecule has 1 atom stereocenters. The maximum Gasteiger partial charge on any atom is 0.248 e. The molecule has 0 radical (unpaired) electrons. The van der Waals surface area contributed by atoms with E-state index in [9.17, 15) is 9.59 Å². The number of amides is 2. The van der Waals surface area contributed by atoms with Gasteiger partial charge in [-0.1, -0.05) is 6.92 Å². The van der Waals surface area contributed by atoms with E-state index in [1.165, 1.54) is 0 Å². The smallest absolute Gasteiger partial charge is 0.248 e. The Bertz CT molecular complexity index is 293. The zero-order chi connectivity index (χ0) is 12.9. The molecule has 0 aromatic rings. The van der Waals surface area contributed by atoms with Crippen LogP contribution >= 0.6 is 0 Å². The lowest BCUT2D eigenvalue weighted by Crippen LogP contribution is -2.54. The van der Waals surface area contributed by atoms with E-state index in [0.29, 0.717) is 32.5 Å². The largest absolute Gasteiger partial charge is 0.385 e. The third-order valence-corrected chi connectivity index (χ3v) is 3.27. The highest BCUT2D eigenvalue weighted by Crippen LogP contribution is 2.17. The van der Waals surface area contributed by atoms with Gasteiger partial charge in [-0.05, 0) is 19.8 Å². The standard InChI is InChI=1S/C12H22N2O3/c1-4-12(2)11(16)14(7-5-9-17-3)8-6-10(15)13-12/h4-9H2,1-3H3,(H,13,15). The average Bonchev–Trinajstić information content (AvgIpc) is 2.41.